The van der Waals surface area contributed by atoms with Gasteiger partial charge in [0.1, 0.15) is 0 Å². The van der Waals surface area contributed by atoms with E-state index in [1.165, 1.54) is 0 Å². The average molecular weight is 699 g/mol. The number of nitrogens with zero attached hydrogens (tertiary/aromatic N) is 2. The summed E-state index contributed by atoms with van der Waals surface area (Å²) in [7, 11) is 0.925. The summed E-state index contributed by atoms with van der Waals surface area (Å²) >= 11 is 5.30. The Labute approximate surface area is 177 Å². The van der Waals surface area contributed by atoms with Gasteiger partial charge in [0.05, 0.1) is 23.7 Å². The molecule has 1 heterocycles. The summed E-state index contributed by atoms with van der Waals surface area (Å²) in [5.41, 5.74) is 0.823. The second-order valence-electron chi connectivity index (χ2n) is 6.27. The minimum absolute atomic E-state index is 0.0210. The van der Waals surface area contributed by atoms with Gasteiger partial charge >= 0.3 is 50.5 Å². The fourth-order valence-corrected chi connectivity index (χ4v) is 4.44. The fourth-order valence-electron chi connectivity index (χ4n) is 2.69. The molecule has 0 radical (unpaired) electrons. The summed E-state index contributed by atoms with van der Waals surface area (Å²) in [5.74, 6) is 0.459. The standard InChI is InChI=1S/C15H30N2O3S.I3/c1-6-16(4)10-15(18)13(3)17(5)12(2)14-8-7-9-21(19,20)11-14;1-3-2/h13-15,18H,2,6-11H2,1,3-5H3;/q;-1. The maximum absolute atomic E-state index is 11.8. The molecule has 0 bridgehead atoms. The maximum atomic E-state index is 11.8. The second kappa shape index (κ2) is 12.9. The number of rotatable bonds is 7. The van der Waals surface area contributed by atoms with E-state index in [1.807, 2.05) is 32.8 Å². The van der Waals surface area contributed by atoms with Gasteiger partial charge in [-0.25, -0.2) is 8.42 Å². The Balaban J connectivity index is 0.00000163. The first kappa shape index (κ1) is 25.6. The third kappa shape index (κ3) is 9.51. The van der Waals surface area contributed by atoms with Crippen LogP contribution in [0.3, 0.4) is 0 Å². The van der Waals surface area contributed by atoms with Crippen molar-refractivity contribution < 1.29 is 26.8 Å². The Morgan fingerprint density at radius 2 is 1.96 bits per heavy atom. The summed E-state index contributed by atoms with van der Waals surface area (Å²) in [6.45, 7) is 9.57. The Bertz CT molecular complexity index is 477. The number of aliphatic hydroxyl groups is 1. The van der Waals surface area contributed by atoms with Crippen molar-refractivity contribution in [2.24, 2.45) is 5.92 Å². The molecule has 24 heavy (non-hydrogen) atoms. The van der Waals surface area contributed by atoms with E-state index in [0.717, 1.165) is 18.7 Å². The molecule has 0 spiro atoms. The molecule has 3 unspecified atom stereocenters. The van der Waals surface area contributed by atoms with Crippen LogP contribution in [-0.4, -0.2) is 74.2 Å². The van der Waals surface area contributed by atoms with E-state index in [1.54, 1.807) is 0 Å². The predicted octanol–water partition coefficient (Wildman–Crippen LogP) is -0.267. The van der Waals surface area contributed by atoms with Gasteiger partial charge in [-0.1, -0.05) is 13.5 Å². The van der Waals surface area contributed by atoms with Gasteiger partial charge < -0.3 is 14.9 Å². The zero-order chi connectivity index (χ0) is 18.9. The van der Waals surface area contributed by atoms with E-state index < -0.39 is 15.9 Å². The molecule has 9 heteroatoms. The monoisotopic (exact) mass is 699 g/mol. The van der Waals surface area contributed by atoms with E-state index in [9.17, 15) is 13.5 Å². The van der Waals surface area contributed by atoms with Crippen LogP contribution in [-0.2, 0) is 9.84 Å². The topological polar surface area (TPSA) is 60.9 Å². The number of likely N-dealkylation sites (N-methyl/N-ethyl adjacent to an activating group) is 2. The van der Waals surface area contributed by atoms with Gasteiger partial charge in [-0.2, -0.15) is 0 Å². The minimum atomic E-state index is -2.94. The number of hydrogen-bond donors (Lipinski definition) is 1. The molecular formula is C15H30I3N2O3S-. The van der Waals surface area contributed by atoms with Gasteiger partial charge in [0.15, 0.2) is 9.84 Å². The molecule has 1 saturated heterocycles. The SMILES string of the molecule is C=C(C1CCCS(=O)(=O)C1)N(C)C(C)C(O)CN(C)CC.I[I-]I. The van der Waals surface area contributed by atoms with E-state index in [-0.39, 0.29) is 17.7 Å². The fraction of sp³-hybridized carbons (Fsp3) is 0.867. The number of allylic oxidation sites excluding steroid dienone is 1. The predicted molar refractivity (Wildman–Crippen MR) is 115 cm³/mol. The molecule has 3 atom stereocenters. The first-order chi connectivity index (χ1) is 11.1. The third-order valence-corrected chi connectivity index (χ3v) is 6.41. The van der Waals surface area contributed by atoms with Crippen molar-refractivity contribution in [1.82, 2.24) is 9.80 Å². The number of hydrogen-bond acceptors (Lipinski definition) is 5. The molecule has 0 saturated carbocycles. The summed E-state index contributed by atoms with van der Waals surface area (Å²) < 4.78 is 23.5. The van der Waals surface area contributed by atoms with Crippen LogP contribution in [0.25, 0.3) is 0 Å². The van der Waals surface area contributed by atoms with Crippen LogP contribution in [0, 0.1) is 5.92 Å². The third-order valence-electron chi connectivity index (χ3n) is 4.59. The molecule has 1 N–H and O–H groups in total. The van der Waals surface area contributed by atoms with Crippen molar-refractivity contribution in [3.05, 3.63) is 12.3 Å². The van der Waals surface area contributed by atoms with Crippen LogP contribution < -0.4 is 13.3 Å². The molecule has 5 nitrogen and oxygen atoms in total. The molecule has 0 aromatic rings. The zero-order valence-electron chi connectivity index (χ0n) is 14.9. The van der Waals surface area contributed by atoms with Crippen molar-refractivity contribution in [3.63, 3.8) is 0 Å². The van der Waals surface area contributed by atoms with Crippen molar-refractivity contribution in [1.29, 1.82) is 0 Å². The quantitative estimate of drug-likeness (QED) is 0.372. The van der Waals surface area contributed by atoms with E-state index >= 15 is 0 Å². The first-order valence-corrected chi connectivity index (χ1v) is 22.3. The average Bonchev–Trinajstić information content (AvgIpc) is 2.52. The summed E-state index contributed by atoms with van der Waals surface area (Å²) in [6.07, 6.45) is 1.08. The molecule has 1 rings (SSSR count). The van der Waals surface area contributed by atoms with E-state index in [2.05, 4.69) is 48.7 Å². The molecular weight excluding hydrogens is 669 g/mol. The number of aliphatic hydroxyl groups excluding tert-OH is 1. The Morgan fingerprint density at radius 3 is 2.42 bits per heavy atom. The van der Waals surface area contributed by atoms with Gasteiger partial charge in [-0.05, 0) is 33.4 Å². The van der Waals surface area contributed by atoms with Gasteiger partial charge in [-0.15, -0.1) is 0 Å². The van der Waals surface area contributed by atoms with Crippen LogP contribution in [0.5, 0.6) is 0 Å². The Kier molecular flexibility index (Phi) is 13.8. The normalized spacial score (nSPS) is 22.4. The van der Waals surface area contributed by atoms with Crippen LogP contribution in [0.1, 0.15) is 26.7 Å². The molecule has 1 aliphatic heterocycles. The molecule has 1 fully saturated rings. The van der Waals surface area contributed by atoms with Crippen LogP contribution in [0.4, 0.5) is 0 Å². The number of sulfone groups is 1. The Hall–Kier alpha value is 1.60. The van der Waals surface area contributed by atoms with Crippen molar-refractivity contribution in [2.75, 3.05) is 38.7 Å². The van der Waals surface area contributed by atoms with Crippen LogP contribution in [0.15, 0.2) is 12.3 Å². The molecule has 0 aromatic carbocycles. The first-order valence-electron chi connectivity index (χ1n) is 7.95. The van der Waals surface area contributed by atoms with Crippen LogP contribution in [0.2, 0.25) is 0 Å². The second-order valence-corrected chi connectivity index (χ2v) is 24.7. The van der Waals surface area contributed by atoms with Crippen molar-refractivity contribution in [2.45, 2.75) is 38.8 Å². The molecule has 0 amide bonds. The summed E-state index contributed by atoms with van der Waals surface area (Å²) in [6, 6.07) is -0.0869. The summed E-state index contributed by atoms with van der Waals surface area (Å²) in [5, 5.41) is 10.3. The van der Waals surface area contributed by atoms with Gasteiger partial charge in [0.25, 0.3) is 0 Å². The van der Waals surface area contributed by atoms with Crippen molar-refractivity contribution in [3.8, 4) is 0 Å². The van der Waals surface area contributed by atoms with Gasteiger partial charge in [0, 0.05) is 25.2 Å². The molecule has 0 aromatic heterocycles. The number of halogens is 3. The summed E-state index contributed by atoms with van der Waals surface area (Å²) in [4.78, 5) is 4.00. The van der Waals surface area contributed by atoms with Gasteiger partial charge in [-0.3, -0.25) is 0 Å². The van der Waals surface area contributed by atoms with Crippen LogP contribution >= 0.6 is 37.2 Å². The molecule has 1 aliphatic rings. The van der Waals surface area contributed by atoms with E-state index in [0.29, 0.717) is 32.0 Å². The van der Waals surface area contributed by atoms with Crippen molar-refractivity contribution >= 4 is 47.1 Å². The van der Waals surface area contributed by atoms with E-state index in [4.69, 9.17) is 0 Å². The molecule has 146 valence electrons. The zero-order valence-corrected chi connectivity index (χ0v) is 22.2. The molecule has 0 aliphatic carbocycles. The van der Waals surface area contributed by atoms with Gasteiger partial charge in [0.2, 0.25) is 0 Å². The Morgan fingerprint density at radius 1 is 1.42 bits per heavy atom.